The van der Waals surface area contributed by atoms with Crippen molar-refractivity contribution >= 4 is 63.1 Å². The fourth-order valence-electron chi connectivity index (χ4n) is 1.48. The van der Waals surface area contributed by atoms with Crippen LogP contribution in [0.2, 0.25) is 0 Å². The van der Waals surface area contributed by atoms with Crippen molar-refractivity contribution in [2.45, 2.75) is 0 Å². The molecular weight excluding hydrogens is 352 g/mol. The zero-order valence-electron chi connectivity index (χ0n) is 12.6. The molecule has 9 heteroatoms. The quantitative estimate of drug-likeness (QED) is 0.369. The first kappa shape index (κ1) is 19.5. The average Bonchev–Trinajstić information content (AvgIpc) is 2.55. The van der Waals surface area contributed by atoms with Gasteiger partial charge in [0.25, 0.3) is 5.24 Å². The monoisotopic (exact) mass is 370 g/mol. The van der Waals surface area contributed by atoms with E-state index in [0.717, 1.165) is 23.1 Å². The molecule has 0 spiro atoms. The molecule has 0 unspecified atom stereocenters. The topological polar surface area (TPSA) is 74.8 Å². The molecule has 0 heterocycles. The van der Waals surface area contributed by atoms with Crippen LogP contribution in [-0.4, -0.2) is 48.1 Å². The number of nitrogens with one attached hydrogen (secondary N) is 3. The lowest BCUT2D eigenvalue weighted by molar-refractivity contribution is 0.142. The van der Waals surface area contributed by atoms with Gasteiger partial charge in [0, 0.05) is 18.8 Å². The molecule has 0 saturated heterocycles. The van der Waals surface area contributed by atoms with Gasteiger partial charge in [0.1, 0.15) is 0 Å². The van der Waals surface area contributed by atoms with Crippen molar-refractivity contribution < 1.29 is 9.53 Å². The lowest BCUT2D eigenvalue weighted by atomic mass is 10.3. The molecule has 6 nitrogen and oxygen atoms in total. The van der Waals surface area contributed by atoms with Gasteiger partial charge in [-0.05, 0) is 55.0 Å². The third-order valence-electron chi connectivity index (χ3n) is 2.53. The number of amides is 1. The smallest absolute Gasteiger partial charge is 0.278 e. The second-order valence-corrected chi connectivity index (χ2v) is 5.53. The molecule has 0 atom stereocenters. The van der Waals surface area contributed by atoms with Crippen molar-refractivity contribution in [1.29, 1.82) is 0 Å². The number of carbonyl (C=O) groups is 1. The van der Waals surface area contributed by atoms with Crippen LogP contribution in [0, 0.1) is 0 Å². The highest BCUT2D eigenvalue weighted by molar-refractivity contribution is 8.12. The molecule has 124 valence electrons. The van der Waals surface area contributed by atoms with Crippen molar-refractivity contribution in [3.8, 4) is 0 Å². The van der Waals surface area contributed by atoms with Crippen LogP contribution in [0.5, 0.6) is 0 Å². The highest BCUT2D eigenvalue weighted by Gasteiger charge is 1.98. The van der Waals surface area contributed by atoms with Gasteiger partial charge < -0.3 is 20.7 Å². The van der Waals surface area contributed by atoms with Gasteiger partial charge in [-0.15, -0.1) is 0 Å². The van der Waals surface area contributed by atoms with Crippen LogP contribution in [0.3, 0.4) is 0 Å². The number of anilines is 1. The molecule has 0 aliphatic carbocycles. The fraction of sp³-hybridized carbons (Fsp3) is 0.357. The number of ether oxygens (including phenoxy) is 1. The number of hydrogen-bond acceptors (Lipinski definition) is 6. The predicted molar refractivity (Wildman–Crippen MR) is 103 cm³/mol. The van der Waals surface area contributed by atoms with E-state index in [9.17, 15) is 4.79 Å². The maximum absolute atomic E-state index is 11.0. The number of nitrogens with zero attached hydrogens (tertiary/aromatic N) is 1. The van der Waals surface area contributed by atoms with E-state index in [2.05, 4.69) is 38.3 Å². The molecule has 23 heavy (non-hydrogen) atoms. The van der Waals surface area contributed by atoms with E-state index in [4.69, 9.17) is 17.0 Å². The molecule has 1 rings (SSSR count). The van der Waals surface area contributed by atoms with Gasteiger partial charge in [-0.1, -0.05) is 11.8 Å². The molecular formula is C14H18N4O2S3. The van der Waals surface area contributed by atoms with E-state index in [1.807, 2.05) is 24.3 Å². The summed E-state index contributed by atoms with van der Waals surface area (Å²) in [5.41, 5.74) is 1.60. The Bertz CT molecular complexity index is 560. The first-order chi connectivity index (χ1) is 11.2. The van der Waals surface area contributed by atoms with E-state index >= 15 is 0 Å². The summed E-state index contributed by atoms with van der Waals surface area (Å²) >= 11 is 10.9. The van der Waals surface area contributed by atoms with Gasteiger partial charge in [0.2, 0.25) is 0 Å². The van der Waals surface area contributed by atoms with Crippen LogP contribution in [-0.2, 0) is 4.74 Å². The summed E-state index contributed by atoms with van der Waals surface area (Å²) in [5.74, 6) is 0. The number of carbonyl (C=O) groups excluding carboxylic acids is 1. The number of rotatable bonds is 8. The summed E-state index contributed by atoms with van der Waals surface area (Å²) in [5, 5.41) is 11.6. The van der Waals surface area contributed by atoms with Gasteiger partial charge in [-0.3, -0.25) is 4.79 Å². The Morgan fingerprint density at radius 2 is 1.91 bits per heavy atom. The summed E-state index contributed by atoms with van der Waals surface area (Å²) in [6, 6.07) is 7.33. The fourth-order valence-corrected chi connectivity index (χ4v) is 2.06. The van der Waals surface area contributed by atoms with Crippen molar-refractivity contribution in [2.24, 2.45) is 4.99 Å². The number of thiocarbonyl (C=S) groups is 2. The number of benzene rings is 1. The van der Waals surface area contributed by atoms with Gasteiger partial charge in [-0.2, -0.15) is 4.99 Å². The van der Waals surface area contributed by atoms with Gasteiger partial charge in [-0.25, -0.2) is 0 Å². The third-order valence-corrected chi connectivity index (χ3v) is 3.39. The molecule has 0 bridgehead atoms. The molecule has 0 aromatic heterocycles. The minimum atomic E-state index is -0.0561. The zero-order chi connectivity index (χ0) is 16.9. The molecule has 1 amide bonds. The normalized spacial score (nSPS) is 9.61. The highest BCUT2D eigenvalue weighted by Crippen LogP contribution is 2.15. The maximum atomic E-state index is 11.0. The van der Waals surface area contributed by atoms with Crippen molar-refractivity contribution in [2.75, 3.05) is 37.9 Å². The van der Waals surface area contributed by atoms with E-state index in [1.165, 1.54) is 0 Å². The number of hydrogen-bond donors (Lipinski definition) is 3. The van der Waals surface area contributed by atoms with E-state index in [1.54, 1.807) is 6.26 Å². The van der Waals surface area contributed by atoms with Crippen LogP contribution in [0.1, 0.15) is 0 Å². The second kappa shape index (κ2) is 12.0. The minimum Gasteiger partial charge on any atom is -0.378 e. The van der Waals surface area contributed by atoms with E-state index < -0.39 is 0 Å². The van der Waals surface area contributed by atoms with Crippen LogP contribution < -0.4 is 16.0 Å². The Labute approximate surface area is 150 Å². The van der Waals surface area contributed by atoms with Crippen LogP contribution in [0.25, 0.3) is 0 Å². The third kappa shape index (κ3) is 9.27. The summed E-state index contributed by atoms with van der Waals surface area (Å²) in [6.07, 6.45) is 1.73. The molecule has 0 aliphatic rings. The molecule has 1 aromatic rings. The molecule has 1 aromatic carbocycles. The lowest BCUT2D eigenvalue weighted by Gasteiger charge is -2.11. The van der Waals surface area contributed by atoms with Crippen molar-refractivity contribution in [3.63, 3.8) is 0 Å². The average molecular weight is 371 g/mol. The summed E-state index contributed by atoms with van der Waals surface area (Å²) < 4.78 is 5.37. The summed E-state index contributed by atoms with van der Waals surface area (Å²) in [6.45, 7) is 2.05. The molecule has 0 radical (unpaired) electrons. The van der Waals surface area contributed by atoms with Gasteiger partial charge >= 0.3 is 0 Å². The van der Waals surface area contributed by atoms with Crippen LogP contribution in [0.15, 0.2) is 29.3 Å². The Morgan fingerprint density at radius 1 is 1.26 bits per heavy atom. The zero-order valence-corrected chi connectivity index (χ0v) is 15.1. The van der Waals surface area contributed by atoms with E-state index in [-0.39, 0.29) is 5.24 Å². The first-order valence-corrected chi connectivity index (χ1v) is 8.82. The van der Waals surface area contributed by atoms with Crippen molar-refractivity contribution in [1.82, 2.24) is 10.6 Å². The van der Waals surface area contributed by atoms with E-state index in [0.29, 0.717) is 31.4 Å². The summed E-state index contributed by atoms with van der Waals surface area (Å²) in [7, 11) is 0. The summed E-state index contributed by atoms with van der Waals surface area (Å²) in [4.78, 5) is 14.8. The SMILES string of the molecule is CSC(=O)NCCOCCNC(=S)Nc1ccc(N=C=S)cc1. The minimum absolute atomic E-state index is 0.0561. The molecule has 0 aliphatic heterocycles. The number of aliphatic imine (C=N–C) groups is 1. The van der Waals surface area contributed by atoms with Crippen LogP contribution >= 0.6 is 36.2 Å². The predicted octanol–water partition coefficient (Wildman–Crippen LogP) is 2.80. The Hall–Kier alpha value is -1.51. The largest absolute Gasteiger partial charge is 0.378 e. The lowest BCUT2D eigenvalue weighted by Crippen LogP contribution is -2.32. The second-order valence-electron chi connectivity index (χ2n) is 4.16. The molecule has 0 saturated carbocycles. The standard InChI is InChI=1S/C14H18N4O2S3/c1-23-14(19)16-7-9-20-8-6-15-13(22)18-12-4-2-11(3-5-12)17-10-21/h2-5H,6-9H2,1H3,(H,16,19)(H2,15,18,22). The Kier molecular flexibility index (Phi) is 10.2. The number of thioether (sulfide) groups is 1. The Morgan fingerprint density at radius 3 is 2.52 bits per heavy atom. The first-order valence-electron chi connectivity index (χ1n) is 6.78. The van der Waals surface area contributed by atoms with Gasteiger partial charge in [0.05, 0.1) is 24.1 Å². The molecule has 0 fully saturated rings. The van der Waals surface area contributed by atoms with Crippen LogP contribution in [0.4, 0.5) is 16.2 Å². The maximum Gasteiger partial charge on any atom is 0.278 e. The number of isothiocyanates is 1. The highest BCUT2D eigenvalue weighted by atomic mass is 32.2. The van der Waals surface area contributed by atoms with Crippen molar-refractivity contribution in [3.05, 3.63) is 24.3 Å². The molecule has 3 N–H and O–H groups in total. The Balaban J connectivity index is 2.12. The van der Waals surface area contributed by atoms with Gasteiger partial charge in [0.15, 0.2) is 5.11 Å².